The topological polar surface area (TPSA) is 93.1 Å². The quantitative estimate of drug-likeness (QED) is 0.549. The molecule has 4 rings (SSSR count). The number of halogens is 3. The molecule has 2 heterocycles. The number of benzene rings is 1. The van der Waals surface area contributed by atoms with Crippen LogP contribution in [0.2, 0.25) is 0 Å². The highest BCUT2D eigenvalue weighted by molar-refractivity contribution is 5.81. The molecule has 174 valence electrons. The second-order valence-electron chi connectivity index (χ2n) is 8.92. The van der Waals surface area contributed by atoms with Crippen molar-refractivity contribution in [3.05, 3.63) is 29.5 Å². The SMILES string of the molecule is CCCc1cc(N2CCCC(NCC3CC3)C2)nc(-c2c(N)ccc(N)c2C(F)(F)F)n1. The highest BCUT2D eigenvalue weighted by Crippen LogP contribution is 2.43. The van der Waals surface area contributed by atoms with Crippen LogP contribution in [0, 0.1) is 5.92 Å². The van der Waals surface area contributed by atoms with Gasteiger partial charge in [-0.3, -0.25) is 0 Å². The van der Waals surface area contributed by atoms with Crippen molar-refractivity contribution in [2.24, 2.45) is 5.92 Å². The molecule has 2 fully saturated rings. The fourth-order valence-electron chi connectivity index (χ4n) is 4.33. The van der Waals surface area contributed by atoms with E-state index in [1.165, 1.54) is 25.0 Å². The third-order valence-electron chi connectivity index (χ3n) is 6.19. The predicted molar refractivity (Wildman–Crippen MR) is 121 cm³/mol. The minimum absolute atomic E-state index is 0.0175. The van der Waals surface area contributed by atoms with Gasteiger partial charge in [-0.2, -0.15) is 13.2 Å². The van der Waals surface area contributed by atoms with Crippen molar-refractivity contribution in [2.75, 3.05) is 36.0 Å². The molecule has 0 spiro atoms. The van der Waals surface area contributed by atoms with Gasteiger partial charge >= 0.3 is 6.18 Å². The van der Waals surface area contributed by atoms with E-state index >= 15 is 0 Å². The van der Waals surface area contributed by atoms with Crippen LogP contribution >= 0.6 is 0 Å². The second kappa shape index (κ2) is 9.13. The maximum Gasteiger partial charge on any atom is 0.419 e. The van der Waals surface area contributed by atoms with Gasteiger partial charge in [0, 0.05) is 42.3 Å². The maximum absolute atomic E-state index is 13.9. The molecule has 1 atom stereocenters. The Balaban J connectivity index is 1.71. The first-order valence-electron chi connectivity index (χ1n) is 11.4. The van der Waals surface area contributed by atoms with E-state index in [1.807, 2.05) is 13.0 Å². The Hall–Kier alpha value is -2.55. The number of nitrogens with two attached hydrogens (primary N) is 2. The minimum Gasteiger partial charge on any atom is -0.398 e. The van der Waals surface area contributed by atoms with Crippen LogP contribution in [-0.2, 0) is 12.6 Å². The molecule has 1 aliphatic carbocycles. The highest BCUT2D eigenvalue weighted by Gasteiger charge is 2.38. The average molecular weight is 449 g/mol. The van der Waals surface area contributed by atoms with Gasteiger partial charge in [0.1, 0.15) is 5.82 Å². The third-order valence-corrected chi connectivity index (χ3v) is 6.19. The number of hydrogen-bond acceptors (Lipinski definition) is 6. The number of rotatable bonds is 7. The Kier molecular flexibility index (Phi) is 6.46. The molecule has 1 aliphatic heterocycles. The van der Waals surface area contributed by atoms with E-state index in [0.29, 0.717) is 24.0 Å². The summed E-state index contributed by atoms with van der Waals surface area (Å²) in [7, 11) is 0. The highest BCUT2D eigenvalue weighted by atomic mass is 19.4. The minimum atomic E-state index is -4.66. The molecule has 1 aromatic heterocycles. The lowest BCUT2D eigenvalue weighted by molar-refractivity contribution is -0.136. The van der Waals surface area contributed by atoms with Crippen LogP contribution in [0.25, 0.3) is 11.4 Å². The van der Waals surface area contributed by atoms with Crippen molar-refractivity contribution in [1.29, 1.82) is 0 Å². The summed E-state index contributed by atoms with van der Waals surface area (Å²) in [6.07, 6.45) is 1.47. The van der Waals surface area contributed by atoms with Crippen LogP contribution in [0.15, 0.2) is 18.2 Å². The van der Waals surface area contributed by atoms with Gasteiger partial charge in [-0.15, -0.1) is 0 Å². The largest absolute Gasteiger partial charge is 0.419 e. The van der Waals surface area contributed by atoms with Gasteiger partial charge in [-0.1, -0.05) is 13.3 Å². The molecule has 2 aliphatic rings. The number of piperidine rings is 1. The van der Waals surface area contributed by atoms with E-state index in [-0.39, 0.29) is 22.8 Å². The van der Waals surface area contributed by atoms with E-state index < -0.39 is 11.7 Å². The Morgan fingerprint density at radius 1 is 1.12 bits per heavy atom. The van der Waals surface area contributed by atoms with Crippen LogP contribution in [0.4, 0.5) is 30.4 Å². The lowest BCUT2D eigenvalue weighted by atomic mass is 10.0. The summed E-state index contributed by atoms with van der Waals surface area (Å²) in [5, 5.41) is 3.64. The monoisotopic (exact) mass is 448 g/mol. The van der Waals surface area contributed by atoms with Gasteiger partial charge in [0.15, 0.2) is 5.82 Å². The van der Waals surface area contributed by atoms with Gasteiger partial charge < -0.3 is 21.7 Å². The van der Waals surface area contributed by atoms with Gasteiger partial charge in [0.25, 0.3) is 0 Å². The molecule has 9 heteroatoms. The van der Waals surface area contributed by atoms with E-state index in [4.69, 9.17) is 11.5 Å². The van der Waals surface area contributed by atoms with Crippen LogP contribution in [0.3, 0.4) is 0 Å². The summed E-state index contributed by atoms with van der Waals surface area (Å²) in [5.74, 6) is 1.42. The molecular weight excluding hydrogens is 417 g/mol. The van der Waals surface area contributed by atoms with Crippen LogP contribution in [-0.4, -0.2) is 35.6 Å². The molecule has 1 saturated carbocycles. The Morgan fingerprint density at radius 3 is 2.56 bits per heavy atom. The predicted octanol–water partition coefficient (Wildman–Crippen LogP) is 4.25. The molecule has 6 nitrogen and oxygen atoms in total. The Labute approximate surface area is 186 Å². The van der Waals surface area contributed by atoms with Crippen molar-refractivity contribution in [3.8, 4) is 11.4 Å². The zero-order valence-corrected chi connectivity index (χ0v) is 18.4. The lowest BCUT2D eigenvalue weighted by Crippen LogP contribution is -2.46. The molecule has 0 radical (unpaired) electrons. The molecular formula is C23H31F3N6. The first kappa shape index (κ1) is 22.6. The van der Waals surface area contributed by atoms with Gasteiger partial charge in [-0.05, 0) is 56.7 Å². The Bertz CT molecular complexity index is 957. The number of nitrogen functional groups attached to an aromatic ring is 2. The summed E-state index contributed by atoms with van der Waals surface area (Å²) in [6.45, 7) is 4.62. The standard InChI is InChI=1S/C23H31F3N6/c1-2-4-15-11-19(32-10-3-5-16(13-32)29-12-14-6-7-14)31-22(30-15)20-17(27)8-9-18(28)21(20)23(24,25)26/h8-9,11,14,16,29H,2-7,10,12-13,27-28H2,1H3. The van der Waals surface area contributed by atoms with E-state index in [0.717, 1.165) is 44.8 Å². The first-order chi connectivity index (χ1) is 15.3. The summed E-state index contributed by atoms with van der Waals surface area (Å²) < 4.78 is 41.6. The second-order valence-corrected chi connectivity index (χ2v) is 8.92. The van der Waals surface area contributed by atoms with Gasteiger partial charge in [-0.25, -0.2) is 9.97 Å². The van der Waals surface area contributed by atoms with Gasteiger partial charge in [0.2, 0.25) is 0 Å². The van der Waals surface area contributed by atoms with Gasteiger partial charge in [0.05, 0.1) is 11.1 Å². The average Bonchev–Trinajstić information content (AvgIpc) is 3.58. The number of hydrogen-bond donors (Lipinski definition) is 3. The van der Waals surface area contributed by atoms with Crippen LogP contribution in [0.5, 0.6) is 0 Å². The third kappa shape index (κ3) is 5.09. The van der Waals surface area contributed by atoms with Crippen LogP contribution in [0.1, 0.15) is 50.3 Å². The number of aryl methyl sites for hydroxylation is 1. The Morgan fingerprint density at radius 2 is 1.88 bits per heavy atom. The first-order valence-corrected chi connectivity index (χ1v) is 11.4. The summed E-state index contributed by atoms with van der Waals surface area (Å²) in [6, 6.07) is 4.81. The number of nitrogens with one attached hydrogen (secondary N) is 1. The van der Waals surface area contributed by atoms with Crippen molar-refractivity contribution >= 4 is 17.2 Å². The fraction of sp³-hybridized carbons (Fsp3) is 0.565. The lowest BCUT2D eigenvalue weighted by Gasteiger charge is -2.34. The van der Waals surface area contributed by atoms with Crippen molar-refractivity contribution < 1.29 is 13.2 Å². The molecule has 1 aromatic carbocycles. The number of nitrogens with zero attached hydrogens (tertiary/aromatic N) is 3. The van der Waals surface area contributed by atoms with E-state index in [1.54, 1.807) is 0 Å². The van der Waals surface area contributed by atoms with Crippen molar-refractivity contribution in [1.82, 2.24) is 15.3 Å². The normalized spacial score (nSPS) is 19.4. The summed E-state index contributed by atoms with van der Waals surface area (Å²) in [4.78, 5) is 11.2. The number of aromatic nitrogens is 2. The van der Waals surface area contributed by atoms with Crippen LogP contribution < -0.4 is 21.7 Å². The summed E-state index contributed by atoms with van der Waals surface area (Å²) in [5.41, 5.74) is 10.8. The molecule has 0 amide bonds. The molecule has 5 N–H and O–H groups in total. The zero-order valence-electron chi connectivity index (χ0n) is 18.4. The molecule has 32 heavy (non-hydrogen) atoms. The fourth-order valence-corrected chi connectivity index (χ4v) is 4.33. The van der Waals surface area contributed by atoms with Crippen molar-refractivity contribution in [3.63, 3.8) is 0 Å². The molecule has 1 saturated heterocycles. The number of alkyl halides is 3. The maximum atomic E-state index is 13.9. The van der Waals surface area contributed by atoms with E-state index in [9.17, 15) is 13.2 Å². The zero-order chi connectivity index (χ0) is 22.9. The number of anilines is 3. The smallest absolute Gasteiger partial charge is 0.398 e. The van der Waals surface area contributed by atoms with Crippen molar-refractivity contribution in [2.45, 2.75) is 57.7 Å². The molecule has 2 aromatic rings. The molecule has 1 unspecified atom stereocenters. The molecule has 0 bridgehead atoms. The van der Waals surface area contributed by atoms with E-state index in [2.05, 4.69) is 20.2 Å². The summed E-state index contributed by atoms with van der Waals surface area (Å²) >= 11 is 0.